The van der Waals surface area contributed by atoms with E-state index in [1.165, 1.54) is 18.3 Å². The van der Waals surface area contributed by atoms with Crippen molar-refractivity contribution >= 4 is 11.7 Å². The van der Waals surface area contributed by atoms with Crippen molar-refractivity contribution in [3.63, 3.8) is 0 Å². The second kappa shape index (κ2) is 7.98. The minimum atomic E-state index is -4.34. The van der Waals surface area contributed by atoms with Gasteiger partial charge in [-0.15, -0.1) is 0 Å². The molecule has 0 bridgehead atoms. The number of carbonyl (C=O) groups excluding carboxylic acids is 1. The number of likely N-dealkylation sites (tertiary alicyclic amines) is 1. The number of piperidine rings is 1. The predicted molar refractivity (Wildman–Crippen MR) is 97.0 cm³/mol. The predicted octanol–water partition coefficient (Wildman–Crippen LogP) is 4.17. The van der Waals surface area contributed by atoms with E-state index in [4.69, 9.17) is 5.73 Å². The number of hydrogen-bond acceptors (Lipinski definition) is 3. The molecule has 1 saturated heterocycles. The van der Waals surface area contributed by atoms with Gasteiger partial charge in [0.05, 0.1) is 5.56 Å². The number of nitrogen functional groups attached to an aromatic ring is 1. The fourth-order valence-electron chi connectivity index (χ4n) is 3.62. The van der Waals surface area contributed by atoms with Crippen LogP contribution in [-0.4, -0.2) is 28.9 Å². The maximum Gasteiger partial charge on any atom is 0.416 e. The molecule has 1 atom stereocenters. The average molecular weight is 377 g/mol. The van der Waals surface area contributed by atoms with Gasteiger partial charge in [0.15, 0.2) is 0 Å². The number of alkyl halides is 3. The summed E-state index contributed by atoms with van der Waals surface area (Å²) in [6.07, 6.45) is -0.112. The highest BCUT2D eigenvalue weighted by Gasteiger charge is 2.33. The maximum atomic E-state index is 13.1. The van der Waals surface area contributed by atoms with E-state index in [9.17, 15) is 18.0 Å². The molecule has 27 heavy (non-hydrogen) atoms. The molecule has 3 rings (SSSR count). The van der Waals surface area contributed by atoms with Crippen molar-refractivity contribution in [2.45, 2.75) is 31.9 Å². The molecule has 2 heterocycles. The highest BCUT2D eigenvalue weighted by Crippen LogP contribution is 2.33. The van der Waals surface area contributed by atoms with Crippen LogP contribution in [0.1, 0.15) is 40.7 Å². The van der Waals surface area contributed by atoms with E-state index < -0.39 is 11.7 Å². The number of carbonyl (C=O) groups is 1. The summed E-state index contributed by atoms with van der Waals surface area (Å²) in [7, 11) is 0. The van der Waals surface area contributed by atoms with Gasteiger partial charge in [-0.1, -0.05) is 18.2 Å². The zero-order chi connectivity index (χ0) is 19.4. The second-order valence-electron chi connectivity index (χ2n) is 6.92. The monoisotopic (exact) mass is 377 g/mol. The Kier molecular flexibility index (Phi) is 5.68. The quantitative estimate of drug-likeness (QED) is 0.870. The minimum Gasteiger partial charge on any atom is -0.384 e. The number of halogens is 3. The lowest BCUT2D eigenvalue weighted by atomic mass is 9.90. The summed E-state index contributed by atoms with van der Waals surface area (Å²) >= 11 is 0. The Morgan fingerprint density at radius 1 is 1.26 bits per heavy atom. The Bertz CT molecular complexity index is 807. The maximum absolute atomic E-state index is 13.1. The van der Waals surface area contributed by atoms with E-state index in [0.29, 0.717) is 37.1 Å². The van der Waals surface area contributed by atoms with Gasteiger partial charge in [0.25, 0.3) is 5.91 Å². The number of aryl methyl sites for hydroxylation is 1. The Balaban J connectivity index is 1.63. The van der Waals surface area contributed by atoms with Crippen molar-refractivity contribution in [3.05, 3.63) is 59.3 Å². The van der Waals surface area contributed by atoms with Crippen LogP contribution in [0.2, 0.25) is 0 Å². The molecule has 1 aromatic heterocycles. The van der Waals surface area contributed by atoms with Gasteiger partial charge < -0.3 is 10.6 Å². The standard InChI is InChI=1S/C20H22F3N3O/c21-20(22,23)17-6-2-1-5-15(17)8-7-14-4-3-11-26(13-14)19(27)16-9-10-25-18(24)12-16/h1-2,5-6,9-10,12,14H,3-4,7-8,11,13H2,(H2,24,25)/t14-/m0/s1. The van der Waals surface area contributed by atoms with Gasteiger partial charge in [-0.3, -0.25) is 4.79 Å². The molecule has 0 saturated carbocycles. The highest BCUT2D eigenvalue weighted by atomic mass is 19.4. The molecule has 1 fully saturated rings. The molecule has 0 aliphatic carbocycles. The molecular weight excluding hydrogens is 355 g/mol. The van der Waals surface area contributed by atoms with E-state index in [-0.39, 0.29) is 17.6 Å². The minimum absolute atomic E-state index is 0.107. The van der Waals surface area contributed by atoms with Crippen LogP contribution in [0, 0.1) is 5.92 Å². The summed E-state index contributed by atoms with van der Waals surface area (Å²) < 4.78 is 39.4. The first-order chi connectivity index (χ1) is 12.8. The summed E-state index contributed by atoms with van der Waals surface area (Å²) in [4.78, 5) is 18.3. The van der Waals surface area contributed by atoms with Crippen molar-refractivity contribution in [1.82, 2.24) is 9.88 Å². The van der Waals surface area contributed by atoms with E-state index in [2.05, 4.69) is 4.98 Å². The second-order valence-corrected chi connectivity index (χ2v) is 6.92. The molecular formula is C20H22F3N3O. The van der Waals surface area contributed by atoms with Crippen molar-refractivity contribution in [2.24, 2.45) is 5.92 Å². The molecule has 1 aliphatic rings. The number of hydrogen-bond donors (Lipinski definition) is 1. The Morgan fingerprint density at radius 3 is 2.78 bits per heavy atom. The normalized spacial score (nSPS) is 17.7. The molecule has 0 radical (unpaired) electrons. The SMILES string of the molecule is Nc1cc(C(=O)N2CCC[C@@H](CCc3ccccc3C(F)(F)F)C2)ccn1. The molecule has 1 aromatic carbocycles. The van der Waals surface area contributed by atoms with Gasteiger partial charge in [-0.2, -0.15) is 13.2 Å². The Labute approximate surface area is 156 Å². The Hall–Kier alpha value is -2.57. The van der Waals surface area contributed by atoms with Gasteiger partial charge in [-0.25, -0.2) is 4.98 Å². The average Bonchev–Trinajstić information content (AvgIpc) is 2.65. The summed E-state index contributed by atoms with van der Waals surface area (Å²) in [6.45, 7) is 1.20. The molecule has 2 aromatic rings. The fourth-order valence-corrected chi connectivity index (χ4v) is 3.62. The van der Waals surface area contributed by atoms with Crippen LogP contribution < -0.4 is 5.73 Å². The summed E-state index contributed by atoms with van der Waals surface area (Å²) in [6, 6.07) is 8.88. The molecule has 4 nitrogen and oxygen atoms in total. The summed E-state index contributed by atoms with van der Waals surface area (Å²) in [5.74, 6) is 0.367. The number of nitrogens with two attached hydrogens (primary N) is 1. The van der Waals surface area contributed by atoms with Crippen molar-refractivity contribution < 1.29 is 18.0 Å². The summed E-state index contributed by atoms with van der Waals surface area (Å²) in [5.41, 5.74) is 5.88. The van der Waals surface area contributed by atoms with Crippen LogP contribution in [0.15, 0.2) is 42.6 Å². The van der Waals surface area contributed by atoms with Crippen molar-refractivity contribution in [1.29, 1.82) is 0 Å². The number of aromatic nitrogens is 1. The van der Waals surface area contributed by atoms with Crippen molar-refractivity contribution in [2.75, 3.05) is 18.8 Å². The number of nitrogens with zero attached hydrogens (tertiary/aromatic N) is 2. The zero-order valence-corrected chi connectivity index (χ0v) is 14.9. The van der Waals surface area contributed by atoms with Crippen LogP contribution in [-0.2, 0) is 12.6 Å². The van der Waals surface area contributed by atoms with Crippen LogP contribution in [0.3, 0.4) is 0 Å². The van der Waals surface area contributed by atoms with Crippen molar-refractivity contribution in [3.8, 4) is 0 Å². The molecule has 0 unspecified atom stereocenters. The molecule has 7 heteroatoms. The van der Waals surface area contributed by atoms with Crippen LogP contribution in [0.25, 0.3) is 0 Å². The lowest BCUT2D eigenvalue weighted by Crippen LogP contribution is -2.40. The third-order valence-corrected chi connectivity index (χ3v) is 4.98. The van der Waals surface area contributed by atoms with Gasteiger partial charge >= 0.3 is 6.18 Å². The number of pyridine rings is 1. The first-order valence-electron chi connectivity index (χ1n) is 9.00. The molecule has 1 aliphatic heterocycles. The lowest BCUT2D eigenvalue weighted by Gasteiger charge is -2.33. The van der Waals surface area contributed by atoms with Gasteiger partial charge in [0.1, 0.15) is 5.82 Å². The van der Waals surface area contributed by atoms with Crippen LogP contribution >= 0.6 is 0 Å². The van der Waals surface area contributed by atoms with Gasteiger partial charge in [0, 0.05) is 24.8 Å². The van der Waals surface area contributed by atoms with E-state index in [1.807, 2.05) is 0 Å². The lowest BCUT2D eigenvalue weighted by molar-refractivity contribution is -0.138. The molecule has 0 spiro atoms. The topological polar surface area (TPSA) is 59.2 Å². The first-order valence-corrected chi connectivity index (χ1v) is 9.00. The number of amides is 1. The summed E-state index contributed by atoms with van der Waals surface area (Å²) in [5, 5.41) is 0. The van der Waals surface area contributed by atoms with Gasteiger partial charge in [0.2, 0.25) is 0 Å². The fraction of sp³-hybridized carbons (Fsp3) is 0.400. The van der Waals surface area contributed by atoms with E-state index in [0.717, 1.165) is 18.9 Å². The third kappa shape index (κ3) is 4.78. The number of rotatable bonds is 4. The smallest absolute Gasteiger partial charge is 0.384 e. The number of anilines is 1. The first kappa shape index (κ1) is 19.2. The molecule has 2 N–H and O–H groups in total. The molecule has 144 valence electrons. The van der Waals surface area contributed by atoms with E-state index >= 15 is 0 Å². The zero-order valence-electron chi connectivity index (χ0n) is 14.9. The van der Waals surface area contributed by atoms with Gasteiger partial charge in [-0.05, 0) is 55.4 Å². The third-order valence-electron chi connectivity index (χ3n) is 4.98. The van der Waals surface area contributed by atoms with Crippen LogP contribution in [0.5, 0.6) is 0 Å². The van der Waals surface area contributed by atoms with E-state index in [1.54, 1.807) is 23.1 Å². The Morgan fingerprint density at radius 2 is 2.04 bits per heavy atom. The molecule has 1 amide bonds. The number of benzene rings is 1. The van der Waals surface area contributed by atoms with Crippen LogP contribution in [0.4, 0.5) is 19.0 Å². The highest BCUT2D eigenvalue weighted by molar-refractivity contribution is 5.94. The largest absolute Gasteiger partial charge is 0.416 e.